The van der Waals surface area contributed by atoms with E-state index in [0.29, 0.717) is 11.5 Å². The minimum absolute atomic E-state index is 0.353. The van der Waals surface area contributed by atoms with E-state index >= 15 is 0 Å². The molecular formula is C16H30N2O. The van der Waals surface area contributed by atoms with Crippen molar-refractivity contribution in [3.8, 4) is 0 Å². The van der Waals surface area contributed by atoms with E-state index in [1.54, 1.807) is 6.26 Å². The Bertz CT molecular complexity index is 329. The number of furan rings is 1. The molecule has 3 heteroatoms. The van der Waals surface area contributed by atoms with E-state index in [9.17, 15) is 0 Å². The molecule has 1 aromatic rings. The van der Waals surface area contributed by atoms with E-state index in [1.807, 2.05) is 12.1 Å². The van der Waals surface area contributed by atoms with Gasteiger partial charge in [0.15, 0.2) is 0 Å². The van der Waals surface area contributed by atoms with Crippen molar-refractivity contribution in [2.24, 2.45) is 5.41 Å². The van der Waals surface area contributed by atoms with Crippen molar-refractivity contribution in [2.45, 2.75) is 53.1 Å². The Morgan fingerprint density at radius 2 is 2.00 bits per heavy atom. The third kappa shape index (κ3) is 5.37. The second-order valence-corrected chi connectivity index (χ2v) is 5.99. The second kappa shape index (κ2) is 7.71. The van der Waals surface area contributed by atoms with Gasteiger partial charge in [-0.25, -0.2) is 0 Å². The molecule has 0 unspecified atom stereocenters. The van der Waals surface area contributed by atoms with Crippen LogP contribution in [0.15, 0.2) is 22.8 Å². The molecule has 1 aromatic heterocycles. The summed E-state index contributed by atoms with van der Waals surface area (Å²) in [4.78, 5) is 2.37. The van der Waals surface area contributed by atoms with Crippen LogP contribution >= 0.6 is 0 Å². The molecule has 1 N–H and O–H groups in total. The van der Waals surface area contributed by atoms with Gasteiger partial charge in [0, 0.05) is 19.1 Å². The molecule has 1 heterocycles. The summed E-state index contributed by atoms with van der Waals surface area (Å²) in [6, 6.07) is 4.55. The van der Waals surface area contributed by atoms with Crippen LogP contribution < -0.4 is 5.32 Å². The number of nitrogens with one attached hydrogen (secondary N) is 1. The van der Waals surface area contributed by atoms with Gasteiger partial charge < -0.3 is 9.73 Å². The van der Waals surface area contributed by atoms with Crippen LogP contribution in [0.2, 0.25) is 0 Å². The van der Waals surface area contributed by atoms with E-state index < -0.39 is 0 Å². The monoisotopic (exact) mass is 266 g/mol. The largest absolute Gasteiger partial charge is 0.468 e. The van der Waals surface area contributed by atoms with Crippen LogP contribution in [0.1, 0.15) is 46.3 Å². The van der Waals surface area contributed by atoms with Gasteiger partial charge in [-0.3, -0.25) is 4.90 Å². The Kier molecular flexibility index (Phi) is 6.59. The molecular weight excluding hydrogens is 236 g/mol. The number of hydrogen-bond donors (Lipinski definition) is 1. The van der Waals surface area contributed by atoms with Crippen LogP contribution in [0, 0.1) is 5.41 Å². The Hall–Kier alpha value is -0.800. The number of hydrogen-bond acceptors (Lipinski definition) is 3. The zero-order valence-electron chi connectivity index (χ0n) is 13.2. The first-order valence-corrected chi connectivity index (χ1v) is 7.45. The fraction of sp³-hybridized carbons (Fsp3) is 0.750. The third-order valence-corrected chi connectivity index (χ3v) is 4.00. The van der Waals surface area contributed by atoms with Gasteiger partial charge in [0.2, 0.25) is 0 Å². The van der Waals surface area contributed by atoms with Crippen molar-refractivity contribution >= 4 is 0 Å². The first kappa shape index (κ1) is 16.3. The zero-order valence-corrected chi connectivity index (χ0v) is 13.2. The van der Waals surface area contributed by atoms with Gasteiger partial charge in [0.25, 0.3) is 0 Å². The lowest BCUT2D eigenvalue weighted by Crippen LogP contribution is -2.44. The van der Waals surface area contributed by atoms with Crippen molar-refractivity contribution < 1.29 is 4.42 Å². The molecule has 0 saturated carbocycles. The van der Waals surface area contributed by atoms with Crippen molar-refractivity contribution in [2.75, 3.05) is 20.1 Å². The maximum absolute atomic E-state index is 5.43. The van der Waals surface area contributed by atoms with Gasteiger partial charge in [-0.05, 0) is 37.4 Å². The summed E-state index contributed by atoms with van der Waals surface area (Å²) in [5.74, 6) is 1.04. The first-order chi connectivity index (χ1) is 9.01. The molecule has 0 fully saturated rings. The van der Waals surface area contributed by atoms with Crippen molar-refractivity contribution in [3.63, 3.8) is 0 Å². The molecule has 0 atom stereocenters. The molecule has 0 aromatic carbocycles. The topological polar surface area (TPSA) is 28.4 Å². The highest BCUT2D eigenvalue weighted by atomic mass is 16.3. The van der Waals surface area contributed by atoms with Crippen LogP contribution in [0.5, 0.6) is 0 Å². The lowest BCUT2D eigenvalue weighted by atomic mass is 9.81. The van der Waals surface area contributed by atoms with Gasteiger partial charge in [0.05, 0.1) is 12.8 Å². The standard InChI is InChI=1S/C16H30N2O/c1-6-16(7-2,12-17-14(3)4)13-18(5)11-15-9-8-10-19-15/h8-10,14,17H,6-7,11-13H2,1-5H3. The summed E-state index contributed by atoms with van der Waals surface area (Å²) < 4.78 is 5.43. The molecule has 0 amide bonds. The molecule has 0 aliphatic carbocycles. The molecule has 0 bridgehead atoms. The number of rotatable bonds is 9. The van der Waals surface area contributed by atoms with Gasteiger partial charge in [0.1, 0.15) is 5.76 Å². The van der Waals surface area contributed by atoms with Crippen LogP contribution in [0.25, 0.3) is 0 Å². The summed E-state index contributed by atoms with van der Waals surface area (Å²) >= 11 is 0. The maximum atomic E-state index is 5.43. The normalized spacial score (nSPS) is 12.6. The summed E-state index contributed by atoms with van der Waals surface area (Å²) in [6.07, 6.45) is 4.15. The fourth-order valence-corrected chi connectivity index (χ4v) is 2.50. The predicted octanol–water partition coefficient (Wildman–Crippen LogP) is 3.52. The predicted molar refractivity (Wildman–Crippen MR) is 81.2 cm³/mol. The Labute approximate surface area is 118 Å². The van der Waals surface area contributed by atoms with Crippen LogP contribution in [-0.4, -0.2) is 31.1 Å². The molecule has 1 rings (SSSR count). The highest BCUT2D eigenvalue weighted by molar-refractivity contribution is 4.98. The lowest BCUT2D eigenvalue weighted by Gasteiger charge is -2.36. The highest BCUT2D eigenvalue weighted by Crippen LogP contribution is 2.27. The Morgan fingerprint density at radius 1 is 1.32 bits per heavy atom. The summed E-state index contributed by atoms with van der Waals surface area (Å²) in [5.41, 5.74) is 0.353. The minimum Gasteiger partial charge on any atom is -0.468 e. The fourth-order valence-electron chi connectivity index (χ4n) is 2.50. The van der Waals surface area contributed by atoms with Crippen molar-refractivity contribution in [1.82, 2.24) is 10.2 Å². The van der Waals surface area contributed by atoms with E-state index in [4.69, 9.17) is 4.42 Å². The van der Waals surface area contributed by atoms with E-state index in [1.165, 1.54) is 12.8 Å². The van der Waals surface area contributed by atoms with Gasteiger partial charge in [-0.1, -0.05) is 27.7 Å². The van der Waals surface area contributed by atoms with Crippen molar-refractivity contribution in [3.05, 3.63) is 24.2 Å². The van der Waals surface area contributed by atoms with Crippen LogP contribution in [0.4, 0.5) is 0 Å². The Balaban J connectivity index is 2.55. The quantitative estimate of drug-likeness (QED) is 0.741. The highest BCUT2D eigenvalue weighted by Gasteiger charge is 2.27. The molecule has 19 heavy (non-hydrogen) atoms. The minimum atomic E-state index is 0.353. The van der Waals surface area contributed by atoms with Crippen LogP contribution in [0.3, 0.4) is 0 Å². The molecule has 0 radical (unpaired) electrons. The molecule has 0 aliphatic rings. The summed E-state index contributed by atoms with van der Waals surface area (Å²) in [7, 11) is 2.18. The maximum Gasteiger partial charge on any atom is 0.117 e. The average Bonchev–Trinajstić information content (AvgIpc) is 2.87. The summed E-state index contributed by atoms with van der Waals surface area (Å²) in [6.45, 7) is 12.1. The smallest absolute Gasteiger partial charge is 0.117 e. The summed E-state index contributed by atoms with van der Waals surface area (Å²) in [5, 5.41) is 3.60. The van der Waals surface area contributed by atoms with E-state index in [2.05, 4.69) is 45.0 Å². The van der Waals surface area contributed by atoms with E-state index in [0.717, 1.165) is 25.4 Å². The molecule has 110 valence electrons. The van der Waals surface area contributed by atoms with Crippen LogP contribution in [-0.2, 0) is 6.54 Å². The second-order valence-electron chi connectivity index (χ2n) is 5.99. The van der Waals surface area contributed by atoms with Gasteiger partial charge >= 0.3 is 0 Å². The Morgan fingerprint density at radius 3 is 2.47 bits per heavy atom. The first-order valence-electron chi connectivity index (χ1n) is 7.45. The van der Waals surface area contributed by atoms with E-state index in [-0.39, 0.29) is 0 Å². The SMILES string of the molecule is CCC(CC)(CNC(C)C)CN(C)Cc1ccco1. The molecule has 3 nitrogen and oxygen atoms in total. The average molecular weight is 266 g/mol. The zero-order chi connectivity index (χ0) is 14.3. The lowest BCUT2D eigenvalue weighted by molar-refractivity contribution is 0.142. The van der Waals surface area contributed by atoms with Gasteiger partial charge in [-0.2, -0.15) is 0 Å². The van der Waals surface area contributed by atoms with Crippen molar-refractivity contribution in [1.29, 1.82) is 0 Å². The number of nitrogens with zero attached hydrogens (tertiary/aromatic N) is 1. The molecule has 0 spiro atoms. The molecule has 0 aliphatic heterocycles. The molecule has 0 saturated heterocycles. The van der Waals surface area contributed by atoms with Gasteiger partial charge in [-0.15, -0.1) is 0 Å². The third-order valence-electron chi connectivity index (χ3n) is 4.00.